The van der Waals surface area contributed by atoms with Gasteiger partial charge in [-0.3, -0.25) is 0 Å². The number of hydrogen-bond donors (Lipinski definition) is 2. The SMILES string of the molecule is CCCCN.CS(=O)O. The van der Waals surface area contributed by atoms with E-state index in [0.717, 1.165) is 6.54 Å². The van der Waals surface area contributed by atoms with E-state index < -0.39 is 11.1 Å². The molecule has 0 saturated carbocycles. The van der Waals surface area contributed by atoms with E-state index in [4.69, 9.17) is 14.5 Å². The molecule has 9 heavy (non-hydrogen) atoms. The highest BCUT2D eigenvalue weighted by Crippen LogP contribution is 1.77. The molecule has 0 saturated heterocycles. The standard InChI is InChI=1S/C4H11N.CH4O2S/c1-2-3-4-5;1-4(2)3/h2-5H2,1H3;1H3,(H,2,3). The van der Waals surface area contributed by atoms with Gasteiger partial charge >= 0.3 is 0 Å². The first kappa shape index (κ1) is 11.8. The van der Waals surface area contributed by atoms with Gasteiger partial charge in [-0.1, -0.05) is 13.3 Å². The van der Waals surface area contributed by atoms with E-state index in [0.29, 0.717) is 0 Å². The van der Waals surface area contributed by atoms with Crippen LogP contribution in [-0.2, 0) is 11.1 Å². The summed E-state index contributed by atoms with van der Waals surface area (Å²) < 4.78 is 16.6. The lowest BCUT2D eigenvalue weighted by atomic mass is 10.3. The van der Waals surface area contributed by atoms with Crippen LogP contribution in [-0.4, -0.2) is 21.6 Å². The van der Waals surface area contributed by atoms with Crippen molar-refractivity contribution in [2.45, 2.75) is 19.8 Å². The molecule has 0 radical (unpaired) electrons. The molecule has 0 heterocycles. The average Bonchev–Trinajstić information content (AvgIpc) is 1.66. The minimum atomic E-state index is -1.61. The molecule has 0 rings (SSSR count). The van der Waals surface area contributed by atoms with Gasteiger partial charge in [0.25, 0.3) is 0 Å². The van der Waals surface area contributed by atoms with E-state index >= 15 is 0 Å². The van der Waals surface area contributed by atoms with Gasteiger partial charge in [-0.05, 0) is 13.0 Å². The molecule has 0 aliphatic heterocycles. The third kappa shape index (κ3) is 69.4. The first-order chi connectivity index (χ1) is 4.15. The van der Waals surface area contributed by atoms with Crippen molar-refractivity contribution in [3.05, 3.63) is 0 Å². The molecule has 1 unspecified atom stereocenters. The smallest absolute Gasteiger partial charge is 0.149 e. The molecule has 4 heteroatoms. The lowest BCUT2D eigenvalue weighted by molar-refractivity contribution is 0.571. The first-order valence-electron chi connectivity index (χ1n) is 2.87. The van der Waals surface area contributed by atoms with Crippen molar-refractivity contribution in [1.29, 1.82) is 0 Å². The minimum Gasteiger partial charge on any atom is -0.330 e. The van der Waals surface area contributed by atoms with Crippen LogP contribution in [0.15, 0.2) is 0 Å². The van der Waals surface area contributed by atoms with Gasteiger partial charge in [0, 0.05) is 6.26 Å². The summed E-state index contributed by atoms with van der Waals surface area (Å²) in [5.74, 6) is 0. The van der Waals surface area contributed by atoms with Crippen LogP contribution in [0.5, 0.6) is 0 Å². The summed E-state index contributed by atoms with van der Waals surface area (Å²) in [7, 11) is 0. The zero-order valence-electron chi connectivity index (χ0n) is 5.96. The number of hydrogen-bond acceptors (Lipinski definition) is 2. The molecule has 0 fully saturated rings. The molecule has 3 nitrogen and oxygen atoms in total. The molecule has 0 bridgehead atoms. The molecule has 3 N–H and O–H groups in total. The van der Waals surface area contributed by atoms with Crippen LogP contribution in [0, 0.1) is 0 Å². The Morgan fingerprint density at radius 2 is 2.00 bits per heavy atom. The second kappa shape index (κ2) is 10.9. The highest BCUT2D eigenvalue weighted by atomic mass is 32.2. The molecule has 0 aromatic rings. The fraction of sp³-hybridized carbons (Fsp3) is 1.00. The summed E-state index contributed by atoms with van der Waals surface area (Å²) in [5.41, 5.74) is 5.14. The van der Waals surface area contributed by atoms with Gasteiger partial charge in [0.1, 0.15) is 11.1 Å². The molecular formula is C5H15NO2S. The Hall–Kier alpha value is 0.0700. The van der Waals surface area contributed by atoms with Crippen LogP contribution in [0.2, 0.25) is 0 Å². The molecule has 0 amide bonds. The lowest BCUT2D eigenvalue weighted by Gasteiger charge is -1.80. The van der Waals surface area contributed by atoms with E-state index in [-0.39, 0.29) is 0 Å². The second-order valence-electron chi connectivity index (χ2n) is 1.57. The predicted octanol–water partition coefficient (Wildman–Crippen LogP) is 0.583. The highest BCUT2D eigenvalue weighted by molar-refractivity contribution is 7.78. The van der Waals surface area contributed by atoms with Gasteiger partial charge in [-0.2, -0.15) is 0 Å². The summed E-state index contributed by atoms with van der Waals surface area (Å²) in [4.78, 5) is 0. The van der Waals surface area contributed by atoms with Gasteiger partial charge in [0.15, 0.2) is 0 Å². The molecule has 0 aliphatic carbocycles. The first-order valence-corrected chi connectivity index (χ1v) is 4.39. The zero-order valence-corrected chi connectivity index (χ0v) is 6.78. The van der Waals surface area contributed by atoms with Crippen molar-refractivity contribution < 1.29 is 8.76 Å². The van der Waals surface area contributed by atoms with E-state index in [1.54, 1.807) is 0 Å². The van der Waals surface area contributed by atoms with Gasteiger partial charge in [0.05, 0.1) is 0 Å². The Bertz CT molecular complexity index is 62.0. The number of unbranched alkanes of at least 4 members (excludes halogenated alkanes) is 1. The Morgan fingerprint density at radius 1 is 1.67 bits per heavy atom. The number of rotatable bonds is 2. The zero-order chi connectivity index (χ0) is 7.70. The molecule has 0 aromatic carbocycles. The summed E-state index contributed by atoms with van der Waals surface area (Å²) in [6.07, 6.45) is 3.58. The van der Waals surface area contributed by atoms with Crippen LogP contribution >= 0.6 is 0 Å². The van der Waals surface area contributed by atoms with Crippen LogP contribution in [0.4, 0.5) is 0 Å². The second-order valence-corrected chi connectivity index (χ2v) is 2.41. The van der Waals surface area contributed by atoms with Crippen molar-refractivity contribution in [3.63, 3.8) is 0 Å². The lowest BCUT2D eigenvalue weighted by Crippen LogP contribution is -1.95. The molecular weight excluding hydrogens is 138 g/mol. The molecule has 1 atom stereocenters. The van der Waals surface area contributed by atoms with Crippen molar-refractivity contribution in [2.24, 2.45) is 5.73 Å². The fourth-order valence-electron chi connectivity index (χ4n) is 0.204. The molecule has 58 valence electrons. The third-order valence-electron chi connectivity index (χ3n) is 0.558. The van der Waals surface area contributed by atoms with Crippen LogP contribution in [0.1, 0.15) is 19.8 Å². The Morgan fingerprint density at radius 3 is 2.00 bits per heavy atom. The van der Waals surface area contributed by atoms with E-state index in [1.165, 1.54) is 19.1 Å². The fourth-order valence-corrected chi connectivity index (χ4v) is 0.204. The van der Waals surface area contributed by atoms with Crippen LogP contribution < -0.4 is 5.73 Å². The summed E-state index contributed by atoms with van der Waals surface area (Å²) in [6, 6.07) is 0. The highest BCUT2D eigenvalue weighted by Gasteiger charge is 1.67. The summed E-state index contributed by atoms with van der Waals surface area (Å²) in [5, 5.41) is 0. The third-order valence-corrected chi connectivity index (χ3v) is 0.558. The van der Waals surface area contributed by atoms with Crippen molar-refractivity contribution in [2.75, 3.05) is 12.8 Å². The van der Waals surface area contributed by atoms with Crippen molar-refractivity contribution in [1.82, 2.24) is 0 Å². The van der Waals surface area contributed by atoms with Gasteiger partial charge in [-0.25, -0.2) is 4.21 Å². The Balaban J connectivity index is 0. The van der Waals surface area contributed by atoms with Crippen LogP contribution in [0.25, 0.3) is 0 Å². The monoisotopic (exact) mass is 153 g/mol. The average molecular weight is 153 g/mol. The van der Waals surface area contributed by atoms with E-state index in [9.17, 15) is 0 Å². The Kier molecular flexibility index (Phi) is 14.4. The normalized spacial score (nSPS) is 11.6. The topological polar surface area (TPSA) is 63.3 Å². The van der Waals surface area contributed by atoms with Gasteiger partial charge < -0.3 is 10.3 Å². The van der Waals surface area contributed by atoms with Crippen LogP contribution in [0.3, 0.4) is 0 Å². The minimum absolute atomic E-state index is 0.844. The van der Waals surface area contributed by atoms with E-state index in [1.807, 2.05) is 0 Å². The number of nitrogens with two attached hydrogens (primary N) is 1. The maximum atomic E-state index is 9.11. The van der Waals surface area contributed by atoms with Crippen molar-refractivity contribution in [3.8, 4) is 0 Å². The summed E-state index contributed by atoms with van der Waals surface area (Å²) >= 11 is -1.61. The van der Waals surface area contributed by atoms with Gasteiger partial charge in [-0.15, -0.1) is 0 Å². The van der Waals surface area contributed by atoms with Gasteiger partial charge in [0.2, 0.25) is 0 Å². The maximum Gasteiger partial charge on any atom is 0.149 e. The maximum absolute atomic E-state index is 9.11. The van der Waals surface area contributed by atoms with E-state index in [2.05, 4.69) is 6.92 Å². The quantitative estimate of drug-likeness (QED) is 0.570. The molecule has 0 aliphatic rings. The predicted molar refractivity (Wildman–Crippen MR) is 40.7 cm³/mol. The largest absolute Gasteiger partial charge is 0.330 e. The van der Waals surface area contributed by atoms with Crippen molar-refractivity contribution >= 4 is 11.1 Å². The Labute approximate surface area is 58.9 Å². The summed E-state index contributed by atoms with van der Waals surface area (Å²) in [6.45, 7) is 2.98. The molecule has 0 spiro atoms. The molecule has 0 aromatic heterocycles.